The third-order valence-electron chi connectivity index (χ3n) is 5.39. The molecule has 0 saturated heterocycles. The molecule has 0 aliphatic carbocycles. The maximum absolute atomic E-state index is 13.4. The maximum atomic E-state index is 13.4. The van der Waals surface area contributed by atoms with Crippen molar-refractivity contribution in [2.24, 2.45) is 0 Å². The van der Waals surface area contributed by atoms with Crippen molar-refractivity contribution in [2.45, 2.75) is 13.1 Å². The number of amides is 2. The van der Waals surface area contributed by atoms with Gasteiger partial charge in [0.1, 0.15) is 5.82 Å². The number of methoxy groups -OCH3 is 2. The Balaban J connectivity index is 1.67. The van der Waals surface area contributed by atoms with E-state index in [0.29, 0.717) is 28.3 Å². The van der Waals surface area contributed by atoms with Crippen molar-refractivity contribution < 1.29 is 18.7 Å². The molecule has 0 spiro atoms. The summed E-state index contributed by atoms with van der Waals surface area (Å²) >= 11 is 0. The summed E-state index contributed by atoms with van der Waals surface area (Å²) in [5.41, 5.74) is 2.01. The summed E-state index contributed by atoms with van der Waals surface area (Å²) in [6.07, 6.45) is 0. The highest BCUT2D eigenvalue weighted by atomic mass is 19.1. The van der Waals surface area contributed by atoms with E-state index < -0.39 is 0 Å². The number of fused-ring (bicyclic) bond motifs is 1. The molecular formula is C26H24FN3O4. The van der Waals surface area contributed by atoms with E-state index in [1.807, 2.05) is 18.2 Å². The summed E-state index contributed by atoms with van der Waals surface area (Å²) in [6.45, 7) is 0.220. The third-order valence-corrected chi connectivity index (χ3v) is 5.39. The lowest BCUT2D eigenvalue weighted by atomic mass is 10.1. The third kappa shape index (κ3) is 5.17. The van der Waals surface area contributed by atoms with E-state index in [4.69, 9.17) is 9.47 Å². The fourth-order valence-electron chi connectivity index (χ4n) is 3.64. The van der Waals surface area contributed by atoms with Crippen LogP contribution in [0.25, 0.3) is 10.9 Å². The number of anilines is 1. The van der Waals surface area contributed by atoms with E-state index in [9.17, 15) is 14.0 Å². The van der Waals surface area contributed by atoms with Gasteiger partial charge in [0, 0.05) is 29.2 Å². The van der Waals surface area contributed by atoms with Crippen molar-refractivity contribution in [1.29, 1.82) is 0 Å². The predicted molar refractivity (Wildman–Crippen MR) is 129 cm³/mol. The van der Waals surface area contributed by atoms with Gasteiger partial charge >= 0.3 is 6.03 Å². The molecule has 7 nitrogen and oxygen atoms in total. The molecule has 0 aliphatic heterocycles. The standard InChI is InChI=1S/C26H24FN3O4/c1-33-23-13-18-12-19(25(31)29-22(18)14-24(23)34-2)16-30(15-17-8-10-20(27)11-9-17)26(32)28-21-6-4-3-5-7-21/h3-14H,15-16H2,1-2H3,(H,28,32)(H,29,31). The lowest BCUT2D eigenvalue weighted by Crippen LogP contribution is -2.35. The number of H-pyrrole nitrogens is 1. The lowest BCUT2D eigenvalue weighted by molar-refractivity contribution is 0.206. The second-order valence-corrected chi connectivity index (χ2v) is 7.70. The van der Waals surface area contributed by atoms with Crippen LogP contribution in [-0.4, -0.2) is 30.1 Å². The first-order valence-electron chi connectivity index (χ1n) is 10.6. The van der Waals surface area contributed by atoms with Gasteiger partial charge in [-0.15, -0.1) is 0 Å². The highest BCUT2D eigenvalue weighted by Gasteiger charge is 2.18. The number of hydrogen-bond donors (Lipinski definition) is 2. The predicted octanol–water partition coefficient (Wildman–Crippen LogP) is 4.92. The van der Waals surface area contributed by atoms with Crippen LogP contribution in [-0.2, 0) is 13.1 Å². The van der Waals surface area contributed by atoms with E-state index >= 15 is 0 Å². The Morgan fingerprint density at radius 3 is 2.29 bits per heavy atom. The quantitative estimate of drug-likeness (QED) is 0.409. The topological polar surface area (TPSA) is 83.7 Å². The number of carbonyl (C=O) groups excluding carboxylic acids is 1. The zero-order chi connectivity index (χ0) is 24.1. The summed E-state index contributed by atoms with van der Waals surface area (Å²) in [5, 5.41) is 3.58. The molecule has 0 unspecified atom stereocenters. The number of urea groups is 1. The van der Waals surface area contributed by atoms with Gasteiger partial charge in [-0.05, 0) is 42.0 Å². The van der Waals surface area contributed by atoms with Crippen LogP contribution >= 0.6 is 0 Å². The van der Waals surface area contributed by atoms with Gasteiger partial charge in [-0.3, -0.25) is 4.79 Å². The highest BCUT2D eigenvalue weighted by Crippen LogP contribution is 2.31. The number of benzene rings is 3. The van der Waals surface area contributed by atoms with Crippen LogP contribution in [0.1, 0.15) is 11.1 Å². The molecule has 174 valence electrons. The first-order valence-corrected chi connectivity index (χ1v) is 10.6. The van der Waals surface area contributed by atoms with Crippen LogP contribution in [0.4, 0.5) is 14.9 Å². The number of aromatic amines is 1. The minimum absolute atomic E-state index is 0.0374. The van der Waals surface area contributed by atoms with E-state index in [1.54, 1.807) is 42.5 Å². The van der Waals surface area contributed by atoms with Gasteiger partial charge in [0.25, 0.3) is 5.56 Å². The molecule has 4 aromatic rings. The molecule has 0 fully saturated rings. The molecule has 1 aromatic heterocycles. The number of carbonyl (C=O) groups is 1. The molecular weight excluding hydrogens is 437 g/mol. The summed E-state index contributed by atoms with van der Waals surface area (Å²) in [6, 6.07) is 19.7. The Morgan fingerprint density at radius 1 is 0.941 bits per heavy atom. The maximum Gasteiger partial charge on any atom is 0.322 e. The van der Waals surface area contributed by atoms with Gasteiger partial charge in [-0.2, -0.15) is 0 Å². The minimum Gasteiger partial charge on any atom is -0.493 e. The molecule has 0 saturated carbocycles. The number of hydrogen-bond acceptors (Lipinski definition) is 4. The molecule has 2 N–H and O–H groups in total. The van der Waals surface area contributed by atoms with Crippen molar-refractivity contribution >= 4 is 22.6 Å². The van der Waals surface area contributed by atoms with E-state index in [0.717, 1.165) is 10.9 Å². The van der Waals surface area contributed by atoms with Crippen molar-refractivity contribution in [3.05, 3.63) is 100 Å². The highest BCUT2D eigenvalue weighted by molar-refractivity contribution is 5.89. The van der Waals surface area contributed by atoms with Crippen molar-refractivity contribution in [2.75, 3.05) is 19.5 Å². The van der Waals surface area contributed by atoms with Crippen LogP contribution in [0.2, 0.25) is 0 Å². The van der Waals surface area contributed by atoms with Crippen LogP contribution in [0.3, 0.4) is 0 Å². The minimum atomic E-state index is -0.387. The molecule has 1 heterocycles. The fraction of sp³-hybridized carbons (Fsp3) is 0.154. The zero-order valence-corrected chi connectivity index (χ0v) is 18.8. The summed E-state index contributed by atoms with van der Waals surface area (Å²) in [4.78, 5) is 30.4. The molecule has 2 amide bonds. The number of ether oxygens (including phenoxy) is 2. The van der Waals surface area contributed by atoms with E-state index in [-0.39, 0.29) is 30.5 Å². The van der Waals surface area contributed by atoms with Gasteiger partial charge in [0.15, 0.2) is 11.5 Å². The smallest absolute Gasteiger partial charge is 0.322 e. The normalized spacial score (nSPS) is 10.7. The van der Waals surface area contributed by atoms with Crippen molar-refractivity contribution in [3.63, 3.8) is 0 Å². The summed E-state index contributed by atoms with van der Waals surface area (Å²) < 4.78 is 24.1. The van der Waals surface area contributed by atoms with Crippen LogP contribution in [0.15, 0.2) is 77.6 Å². The van der Waals surface area contributed by atoms with Gasteiger partial charge in [0.05, 0.1) is 26.3 Å². The number of pyridine rings is 1. The number of nitrogens with one attached hydrogen (secondary N) is 2. The van der Waals surface area contributed by atoms with Gasteiger partial charge < -0.3 is 24.7 Å². The number of aromatic nitrogens is 1. The first-order chi connectivity index (χ1) is 16.5. The Hall–Kier alpha value is -4.33. The number of rotatable bonds is 7. The van der Waals surface area contributed by atoms with Crippen LogP contribution < -0.4 is 20.3 Å². The Labute approximate surface area is 195 Å². The zero-order valence-electron chi connectivity index (χ0n) is 18.8. The Bertz CT molecular complexity index is 1350. The number of para-hydroxylation sites is 1. The number of nitrogens with zero attached hydrogens (tertiary/aromatic N) is 1. The average Bonchev–Trinajstić information content (AvgIpc) is 2.85. The molecule has 4 rings (SSSR count). The van der Waals surface area contributed by atoms with E-state index in [1.165, 1.54) is 31.3 Å². The van der Waals surface area contributed by atoms with Crippen molar-refractivity contribution in [3.8, 4) is 11.5 Å². The summed E-state index contributed by atoms with van der Waals surface area (Å²) in [5.74, 6) is 0.663. The largest absolute Gasteiger partial charge is 0.493 e. The van der Waals surface area contributed by atoms with Gasteiger partial charge in [0.2, 0.25) is 0 Å². The molecule has 3 aromatic carbocycles. The molecule has 0 aliphatic rings. The number of halogens is 1. The first kappa shape index (κ1) is 22.8. The van der Waals surface area contributed by atoms with Crippen LogP contribution in [0, 0.1) is 5.82 Å². The van der Waals surface area contributed by atoms with Gasteiger partial charge in [-0.25, -0.2) is 9.18 Å². The van der Waals surface area contributed by atoms with E-state index in [2.05, 4.69) is 10.3 Å². The molecule has 0 bridgehead atoms. The molecule has 34 heavy (non-hydrogen) atoms. The molecule has 8 heteroatoms. The monoisotopic (exact) mass is 461 g/mol. The second kappa shape index (κ2) is 10.1. The molecule has 0 radical (unpaired) electrons. The van der Waals surface area contributed by atoms with Crippen LogP contribution in [0.5, 0.6) is 11.5 Å². The Kier molecular flexibility index (Phi) is 6.77. The average molecular weight is 461 g/mol. The SMILES string of the molecule is COc1cc2cc(CN(Cc3ccc(F)cc3)C(=O)Nc3ccccc3)c(=O)[nH]c2cc1OC. The Morgan fingerprint density at radius 2 is 1.62 bits per heavy atom. The van der Waals surface area contributed by atoms with Crippen molar-refractivity contribution in [1.82, 2.24) is 9.88 Å². The summed E-state index contributed by atoms with van der Waals surface area (Å²) in [7, 11) is 3.06. The fourth-order valence-corrected chi connectivity index (χ4v) is 3.64. The molecule has 0 atom stereocenters. The van der Waals surface area contributed by atoms with Gasteiger partial charge in [-0.1, -0.05) is 30.3 Å². The second-order valence-electron chi connectivity index (χ2n) is 7.70. The lowest BCUT2D eigenvalue weighted by Gasteiger charge is -2.23.